The monoisotopic (exact) mass is 864 g/mol. The number of ether oxygens (including phenoxy) is 4. The summed E-state index contributed by atoms with van der Waals surface area (Å²) in [6.45, 7) is 0. The van der Waals surface area contributed by atoms with E-state index in [2.05, 4.69) is 0 Å². The van der Waals surface area contributed by atoms with Crippen LogP contribution < -0.4 is 18.9 Å². The number of phenols is 11. The van der Waals surface area contributed by atoms with Crippen molar-refractivity contribution in [3.8, 4) is 86.2 Å². The Balaban J connectivity index is 1.25. The molecule has 0 amide bonds. The minimum atomic E-state index is -2.50. The standard InChI is InChI=1S/C45H36O18/c46-18-10-27(54)33-31(11-18)60-41(16-2-5-21(48)25(52)8-16)39(58)37(33)34-28(55)13-29(56)35-38-36-32(62-45(44(38)59,63-43(34)35)17-3-6-22(49)26(53)9-17)14-23(50)19-12-30(57)40(61-42(19)36)15-1-4-20(47)24(51)7-15/h1-11,13-14,30,37-41,44,46-59H,12H2/t30-,37+,38+,39-,40+,41-,44+,45+/m0/s1. The van der Waals surface area contributed by atoms with Crippen molar-refractivity contribution in [1.29, 1.82) is 0 Å². The molecule has 0 saturated heterocycles. The SMILES string of the molecule is Oc1cc(O)c2c(c1)O[C@@H](c1ccc(O)c(O)c1)[C@@H](O)[C@H]2c1c(O)cc(O)c2c1O[C@@]1(c3ccc(O)c(O)c3)Oc3cc(O)c4c(c3[C@@H]2[C@H]1O)O[C@H](c1ccc(O)c(O)c1)[C@@H](O)C4. The zero-order valence-electron chi connectivity index (χ0n) is 32.1. The summed E-state index contributed by atoms with van der Waals surface area (Å²) in [7, 11) is 0. The molecule has 0 saturated carbocycles. The molecule has 4 aliphatic rings. The summed E-state index contributed by atoms with van der Waals surface area (Å²) in [4.78, 5) is 0. The molecule has 2 bridgehead atoms. The van der Waals surface area contributed by atoms with Gasteiger partial charge in [0, 0.05) is 64.1 Å². The second kappa shape index (κ2) is 13.6. The summed E-state index contributed by atoms with van der Waals surface area (Å²) >= 11 is 0. The third kappa shape index (κ3) is 5.68. The molecule has 63 heavy (non-hydrogen) atoms. The molecule has 0 spiro atoms. The maximum Gasteiger partial charge on any atom is 0.305 e. The molecule has 14 N–H and O–H groups in total. The van der Waals surface area contributed by atoms with Crippen LogP contribution >= 0.6 is 0 Å². The summed E-state index contributed by atoms with van der Waals surface area (Å²) in [6.07, 6.45) is -8.09. The van der Waals surface area contributed by atoms with E-state index in [1.165, 1.54) is 30.3 Å². The smallest absolute Gasteiger partial charge is 0.305 e. The normalized spacial score (nSPS) is 25.2. The molecule has 0 radical (unpaired) electrons. The van der Waals surface area contributed by atoms with E-state index in [4.69, 9.17) is 18.9 Å². The first-order valence-electron chi connectivity index (χ1n) is 19.3. The second-order valence-corrected chi connectivity index (χ2v) is 15.9. The molecule has 0 unspecified atom stereocenters. The van der Waals surface area contributed by atoms with E-state index in [1.54, 1.807) is 0 Å². The van der Waals surface area contributed by atoms with Crippen molar-refractivity contribution in [2.75, 3.05) is 0 Å². The van der Waals surface area contributed by atoms with Gasteiger partial charge in [-0.2, -0.15) is 0 Å². The quantitative estimate of drug-likeness (QED) is 0.110. The lowest BCUT2D eigenvalue weighted by atomic mass is 9.71. The molecule has 324 valence electrons. The molecule has 4 heterocycles. The Labute approximate surface area is 354 Å². The maximum atomic E-state index is 12.7. The zero-order valence-corrected chi connectivity index (χ0v) is 32.1. The first kappa shape index (κ1) is 39.3. The molecule has 0 aromatic heterocycles. The van der Waals surface area contributed by atoms with Gasteiger partial charge in [-0.05, 0) is 53.6 Å². The van der Waals surface area contributed by atoms with Gasteiger partial charge in [-0.3, -0.25) is 0 Å². The maximum absolute atomic E-state index is 12.7. The molecular formula is C45H36O18. The average Bonchev–Trinajstić information content (AvgIpc) is 3.22. The molecule has 10 rings (SSSR count). The van der Waals surface area contributed by atoms with Crippen LogP contribution in [0.25, 0.3) is 0 Å². The van der Waals surface area contributed by atoms with Crippen LogP contribution in [0.15, 0.2) is 78.9 Å². The van der Waals surface area contributed by atoms with Gasteiger partial charge in [-0.1, -0.05) is 12.1 Å². The molecular weight excluding hydrogens is 828 g/mol. The Kier molecular flexibility index (Phi) is 8.49. The van der Waals surface area contributed by atoms with E-state index in [0.717, 1.165) is 48.5 Å². The van der Waals surface area contributed by atoms with Crippen LogP contribution in [-0.4, -0.2) is 89.8 Å². The molecule has 0 fully saturated rings. The average molecular weight is 865 g/mol. The molecule has 6 aromatic rings. The van der Waals surface area contributed by atoms with Gasteiger partial charge in [-0.15, -0.1) is 0 Å². The molecule has 4 aliphatic heterocycles. The largest absolute Gasteiger partial charge is 0.508 e. The number of fused-ring (bicyclic) bond motifs is 9. The topological polar surface area (TPSA) is 320 Å². The van der Waals surface area contributed by atoms with Gasteiger partial charge in [0.15, 0.2) is 40.6 Å². The van der Waals surface area contributed by atoms with Gasteiger partial charge in [-0.25, -0.2) is 0 Å². The number of aromatic hydroxyl groups is 11. The van der Waals surface area contributed by atoms with Gasteiger partial charge >= 0.3 is 5.79 Å². The van der Waals surface area contributed by atoms with Gasteiger partial charge in [0.2, 0.25) is 0 Å². The van der Waals surface area contributed by atoms with Crippen LogP contribution in [0, 0.1) is 0 Å². The first-order chi connectivity index (χ1) is 30.0. The van der Waals surface area contributed by atoms with Crippen molar-refractivity contribution in [2.45, 2.75) is 54.6 Å². The van der Waals surface area contributed by atoms with Crippen molar-refractivity contribution < 1.29 is 90.4 Å². The van der Waals surface area contributed by atoms with Gasteiger partial charge in [0.05, 0.1) is 17.9 Å². The number of benzene rings is 6. The number of aliphatic hydroxyl groups excluding tert-OH is 3. The summed E-state index contributed by atoms with van der Waals surface area (Å²) in [5, 5.41) is 156. The van der Waals surface area contributed by atoms with E-state index >= 15 is 0 Å². The zero-order chi connectivity index (χ0) is 44.5. The Hall–Kier alpha value is -7.80. The van der Waals surface area contributed by atoms with Crippen LogP contribution in [0.3, 0.4) is 0 Å². The van der Waals surface area contributed by atoms with Gasteiger partial charge < -0.3 is 90.4 Å². The van der Waals surface area contributed by atoms with E-state index < -0.39 is 117 Å². The van der Waals surface area contributed by atoms with E-state index in [-0.39, 0.29) is 68.2 Å². The third-order valence-electron chi connectivity index (χ3n) is 12.2. The lowest BCUT2D eigenvalue weighted by Crippen LogP contribution is -2.58. The van der Waals surface area contributed by atoms with Crippen LogP contribution in [-0.2, 0) is 12.2 Å². The molecule has 0 aliphatic carbocycles. The van der Waals surface area contributed by atoms with Crippen molar-refractivity contribution in [3.63, 3.8) is 0 Å². The highest BCUT2D eigenvalue weighted by molar-refractivity contribution is 5.72. The fraction of sp³-hybridized carbons (Fsp3) is 0.200. The Morgan fingerprint density at radius 3 is 1.67 bits per heavy atom. The number of phenolic OH excluding ortho intramolecular Hbond substituents is 11. The second-order valence-electron chi connectivity index (χ2n) is 15.9. The van der Waals surface area contributed by atoms with Crippen molar-refractivity contribution in [3.05, 3.63) is 123 Å². The molecule has 8 atom stereocenters. The number of aliphatic hydroxyl groups is 3. The van der Waals surface area contributed by atoms with Gasteiger partial charge in [0.25, 0.3) is 0 Å². The minimum Gasteiger partial charge on any atom is -0.508 e. The predicted octanol–water partition coefficient (Wildman–Crippen LogP) is 4.24. The highest BCUT2D eigenvalue weighted by atomic mass is 16.7. The Morgan fingerprint density at radius 2 is 1.03 bits per heavy atom. The third-order valence-corrected chi connectivity index (χ3v) is 12.2. The lowest BCUT2D eigenvalue weighted by Gasteiger charge is -2.51. The van der Waals surface area contributed by atoms with Crippen molar-refractivity contribution in [1.82, 2.24) is 0 Å². The number of rotatable bonds is 4. The predicted molar refractivity (Wildman–Crippen MR) is 212 cm³/mol. The van der Waals surface area contributed by atoms with E-state index in [1.807, 2.05) is 0 Å². The van der Waals surface area contributed by atoms with Gasteiger partial charge in [0.1, 0.15) is 70.1 Å². The summed E-state index contributed by atoms with van der Waals surface area (Å²) < 4.78 is 25.7. The van der Waals surface area contributed by atoms with E-state index in [9.17, 15) is 71.5 Å². The fourth-order valence-corrected chi connectivity index (χ4v) is 9.32. The Bertz CT molecular complexity index is 2910. The summed E-state index contributed by atoms with van der Waals surface area (Å²) in [5.41, 5.74) is -0.635. The summed E-state index contributed by atoms with van der Waals surface area (Å²) in [6, 6.07) is 14.8. The van der Waals surface area contributed by atoms with Crippen LogP contribution in [0.1, 0.15) is 68.6 Å². The van der Waals surface area contributed by atoms with E-state index in [0.29, 0.717) is 0 Å². The summed E-state index contributed by atoms with van der Waals surface area (Å²) in [5.74, 6) is -12.9. The fourth-order valence-electron chi connectivity index (χ4n) is 9.32. The molecule has 18 heteroatoms. The first-order valence-corrected chi connectivity index (χ1v) is 19.3. The van der Waals surface area contributed by atoms with Crippen molar-refractivity contribution in [2.24, 2.45) is 0 Å². The van der Waals surface area contributed by atoms with Crippen molar-refractivity contribution >= 4 is 0 Å². The molecule has 18 nitrogen and oxygen atoms in total. The highest BCUT2D eigenvalue weighted by Gasteiger charge is 2.61. The Morgan fingerprint density at radius 1 is 0.444 bits per heavy atom. The number of hydrogen-bond donors (Lipinski definition) is 14. The van der Waals surface area contributed by atoms with Crippen LogP contribution in [0.2, 0.25) is 0 Å². The number of hydrogen-bond acceptors (Lipinski definition) is 18. The lowest BCUT2D eigenvalue weighted by molar-refractivity contribution is -0.219. The highest BCUT2D eigenvalue weighted by Crippen LogP contribution is 2.65. The van der Waals surface area contributed by atoms with Crippen LogP contribution in [0.4, 0.5) is 0 Å². The molecule has 6 aromatic carbocycles. The minimum absolute atomic E-state index is 0.0246. The van der Waals surface area contributed by atoms with Crippen LogP contribution in [0.5, 0.6) is 86.2 Å².